The zero-order valence-corrected chi connectivity index (χ0v) is 39.7. The van der Waals surface area contributed by atoms with E-state index < -0.39 is 36.9 Å². The average molecular weight is 844 g/mol. The van der Waals surface area contributed by atoms with Crippen LogP contribution in [0, 0.1) is 0 Å². The van der Waals surface area contributed by atoms with Gasteiger partial charge in [-0.1, -0.05) is 223 Å². The van der Waals surface area contributed by atoms with Crippen LogP contribution in [0.1, 0.15) is 258 Å². The summed E-state index contributed by atoms with van der Waals surface area (Å²) in [7, 11) is 0. The lowest BCUT2D eigenvalue weighted by molar-refractivity contribution is -0.132. The van der Waals surface area contributed by atoms with Crippen molar-refractivity contribution in [2.75, 3.05) is 6.61 Å². The Labute approximate surface area is 372 Å². The molecule has 0 aromatic rings. The largest absolute Gasteiger partial charge is 0.394 e. The van der Waals surface area contributed by atoms with Gasteiger partial charge in [0, 0.05) is 0 Å². The SMILES string of the molecule is CCCC/C=C/CC/C=C/CC/C=C/CCCC(O)C(O)C(CO)NC(=O)C(O)CCCCCCCCCCCCCCC/C=C\CCCCCCCCCCCCCC. The van der Waals surface area contributed by atoms with E-state index in [-0.39, 0.29) is 0 Å². The predicted octanol–water partition coefficient (Wildman–Crippen LogP) is 14.6. The molecule has 0 aliphatic heterocycles. The van der Waals surface area contributed by atoms with E-state index in [9.17, 15) is 25.2 Å². The number of hydrogen-bond acceptors (Lipinski definition) is 5. The van der Waals surface area contributed by atoms with Crippen LogP contribution in [0.4, 0.5) is 0 Å². The monoisotopic (exact) mass is 844 g/mol. The minimum Gasteiger partial charge on any atom is -0.394 e. The van der Waals surface area contributed by atoms with Gasteiger partial charge in [0.15, 0.2) is 0 Å². The fourth-order valence-corrected chi connectivity index (χ4v) is 7.83. The summed E-state index contributed by atoms with van der Waals surface area (Å²) >= 11 is 0. The first-order chi connectivity index (χ1) is 29.5. The summed E-state index contributed by atoms with van der Waals surface area (Å²) in [5.74, 6) is -0.599. The van der Waals surface area contributed by atoms with Gasteiger partial charge in [-0.3, -0.25) is 4.79 Å². The van der Waals surface area contributed by atoms with Crippen molar-refractivity contribution in [2.45, 2.75) is 282 Å². The van der Waals surface area contributed by atoms with E-state index in [0.717, 1.165) is 51.4 Å². The second-order valence-electron chi connectivity index (χ2n) is 17.8. The molecule has 352 valence electrons. The Bertz CT molecular complexity index is 993. The van der Waals surface area contributed by atoms with Crippen LogP contribution in [0.5, 0.6) is 0 Å². The van der Waals surface area contributed by atoms with E-state index in [4.69, 9.17) is 0 Å². The van der Waals surface area contributed by atoms with Gasteiger partial charge in [-0.15, -0.1) is 0 Å². The Morgan fingerprint density at radius 3 is 1.10 bits per heavy atom. The zero-order chi connectivity index (χ0) is 43.8. The lowest BCUT2D eigenvalue weighted by Crippen LogP contribution is -2.53. The number of unbranched alkanes of at least 4 members (excludes halogenated alkanes) is 30. The van der Waals surface area contributed by atoms with Crippen molar-refractivity contribution < 1.29 is 25.2 Å². The normalized spacial score (nSPS) is 14.3. The third-order valence-electron chi connectivity index (χ3n) is 12.0. The fourth-order valence-electron chi connectivity index (χ4n) is 7.83. The fraction of sp³-hybridized carbons (Fsp3) is 0.833. The highest BCUT2D eigenvalue weighted by Crippen LogP contribution is 2.16. The van der Waals surface area contributed by atoms with Gasteiger partial charge >= 0.3 is 0 Å². The molecular weight excluding hydrogens is 743 g/mol. The van der Waals surface area contributed by atoms with E-state index >= 15 is 0 Å². The summed E-state index contributed by atoms with van der Waals surface area (Å²) in [6.07, 6.45) is 60.3. The maximum atomic E-state index is 12.6. The van der Waals surface area contributed by atoms with Crippen LogP contribution in [0.15, 0.2) is 48.6 Å². The minimum absolute atomic E-state index is 0.358. The van der Waals surface area contributed by atoms with Gasteiger partial charge < -0.3 is 25.7 Å². The van der Waals surface area contributed by atoms with Crippen molar-refractivity contribution in [3.05, 3.63) is 48.6 Å². The molecule has 0 aliphatic carbocycles. The molecule has 0 saturated carbocycles. The first-order valence-corrected chi connectivity index (χ1v) is 26.0. The molecule has 60 heavy (non-hydrogen) atoms. The van der Waals surface area contributed by atoms with Crippen molar-refractivity contribution in [3.63, 3.8) is 0 Å². The number of nitrogens with one attached hydrogen (secondary N) is 1. The van der Waals surface area contributed by atoms with Gasteiger partial charge in [-0.25, -0.2) is 0 Å². The van der Waals surface area contributed by atoms with E-state index in [0.29, 0.717) is 19.3 Å². The molecule has 4 unspecified atom stereocenters. The molecule has 1 amide bonds. The molecule has 0 spiro atoms. The van der Waals surface area contributed by atoms with Crippen LogP contribution in [0.2, 0.25) is 0 Å². The number of rotatable bonds is 47. The number of carbonyl (C=O) groups is 1. The second kappa shape index (κ2) is 48.3. The summed E-state index contributed by atoms with van der Waals surface area (Å²) in [6, 6.07) is -1.01. The predicted molar refractivity (Wildman–Crippen MR) is 260 cm³/mol. The summed E-state index contributed by atoms with van der Waals surface area (Å²) in [5.41, 5.74) is 0. The third-order valence-corrected chi connectivity index (χ3v) is 12.0. The molecular formula is C54H101NO5. The maximum Gasteiger partial charge on any atom is 0.249 e. The minimum atomic E-state index is -1.29. The molecule has 0 aromatic carbocycles. The van der Waals surface area contributed by atoms with Crippen molar-refractivity contribution in [3.8, 4) is 0 Å². The Hall–Kier alpha value is -1.73. The standard InChI is InChI=1S/C54H101NO5/c1-3-5-7-9-11-13-15-17-19-20-21-22-23-24-25-26-27-28-29-30-31-32-34-36-38-40-42-44-46-48-52(58)54(60)55-50(49-56)53(59)51(57)47-45-43-41-39-37-35-33-18-16-14-12-10-8-6-4-2/h10,12,18,24-25,33,39,41,50-53,56-59H,3-9,11,13-17,19-23,26-32,34-38,40,42-49H2,1-2H3,(H,55,60)/b12-10+,25-24-,33-18+,41-39+. The van der Waals surface area contributed by atoms with Crippen LogP contribution >= 0.6 is 0 Å². The van der Waals surface area contributed by atoms with Crippen LogP contribution in [-0.4, -0.2) is 57.3 Å². The number of aliphatic hydroxyl groups is 4. The van der Waals surface area contributed by atoms with Gasteiger partial charge in [-0.2, -0.15) is 0 Å². The van der Waals surface area contributed by atoms with Crippen molar-refractivity contribution >= 4 is 5.91 Å². The van der Waals surface area contributed by atoms with Gasteiger partial charge in [0.1, 0.15) is 12.2 Å². The number of amides is 1. The quantitative estimate of drug-likeness (QED) is 0.0310. The summed E-state index contributed by atoms with van der Waals surface area (Å²) in [4.78, 5) is 12.6. The number of aliphatic hydroxyl groups excluding tert-OH is 4. The molecule has 0 aliphatic rings. The van der Waals surface area contributed by atoms with Crippen LogP contribution in [0.3, 0.4) is 0 Å². The van der Waals surface area contributed by atoms with Gasteiger partial charge in [0.05, 0.1) is 18.8 Å². The van der Waals surface area contributed by atoms with E-state index in [2.05, 4.69) is 67.8 Å². The summed E-state index contributed by atoms with van der Waals surface area (Å²) in [5, 5.41) is 43.8. The zero-order valence-electron chi connectivity index (χ0n) is 39.7. The lowest BCUT2D eigenvalue weighted by Gasteiger charge is -2.27. The Morgan fingerprint density at radius 2 is 0.717 bits per heavy atom. The molecule has 0 radical (unpaired) electrons. The molecule has 6 heteroatoms. The van der Waals surface area contributed by atoms with Crippen molar-refractivity contribution in [1.29, 1.82) is 0 Å². The first kappa shape index (κ1) is 58.3. The van der Waals surface area contributed by atoms with Crippen LogP contribution in [0.25, 0.3) is 0 Å². The van der Waals surface area contributed by atoms with E-state index in [1.807, 2.05) is 0 Å². The second-order valence-corrected chi connectivity index (χ2v) is 17.8. The lowest BCUT2D eigenvalue weighted by atomic mass is 10.00. The molecule has 4 atom stereocenters. The van der Waals surface area contributed by atoms with Crippen molar-refractivity contribution in [2.24, 2.45) is 0 Å². The number of hydrogen-bond donors (Lipinski definition) is 5. The van der Waals surface area contributed by atoms with Crippen LogP contribution in [-0.2, 0) is 4.79 Å². The average Bonchev–Trinajstić information content (AvgIpc) is 3.25. The molecule has 0 rings (SSSR count). The van der Waals surface area contributed by atoms with Gasteiger partial charge in [0.2, 0.25) is 5.91 Å². The van der Waals surface area contributed by atoms with Crippen molar-refractivity contribution in [1.82, 2.24) is 5.32 Å². The smallest absolute Gasteiger partial charge is 0.249 e. The summed E-state index contributed by atoms with van der Waals surface area (Å²) in [6.45, 7) is 4.00. The maximum absolute atomic E-state index is 12.6. The highest BCUT2D eigenvalue weighted by Gasteiger charge is 2.28. The molecule has 0 saturated heterocycles. The van der Waals surface area contributed by atoms with Gasteiger partial charge in [-0.05, 0) is 83.5 Å². The van der Waals surface area contributed by atoms with Gasteiger partial charge in [0.25, 0.3) is 0 Å². The number of allylic oxidation sites excluding steroid dienone is 8. The molecule has 5 N–H and O–H groups in total. The highest BCUT2D eigenvalue weighted by molar-refractivity contribution is 5.80. The molecule has 0 bridgehead atoms. The Kier molecular flexibility index (Phi) is 46.9. The topological polar surface area (TPSA) is 110 Å². The third kappa shape index (κ3) is 41.6. The van der Waals surface area contributed by atoms with E-state index in [1.165, 1.54) is 173 Å². The number of carbonyl (C=O) groups excluding carboxylic acids is 1. The Morgan fingerprint density at radius 1 is 0.400 bits per heavy atom. The molecule has 0 aromatic heterocycles. The molecule has 6 nitrogen and oxygen atoms in total. The molecule has 0 heterocycles. The Balaban J connectivity index is 3.66. The van der Waals surface area contributed by atoms with Crippen LogP contribution < -0.4 is 5.32 Å². The van der Waals surface area contributed by atoms with E-state index in [1.54, 1.807) is 0 Å². The molecule has 0 fully saturated rings. The summed E-state index contributed by atoms with van der Waals surface area (Å²) < 4.78 is 0. The first-order valence-electron chi connectivity index (χ1n) is 26.0. The highest BCUT2D eigenvalue weighted by atomic mass is 16.3.